The molecule has 1 aliphatic heterocycles. The first-order valence-electron chi connectivity index (χ1n) is 9.38. The second-order valence-corrected chi connectivity index (χ2v) is 7.84. The molecule has 4 nitrogen and oxygen atoms in total. The van der Waals surface area contributed by atoms with Crippen LogP contribution in [0, 0.1) is 11.7 Å². The van der Waals surface area contributed by atoms with E-state index in [0.717, 1.165) is 12.1 Å². The number of hydrogen-bond donors (Lipinski definition) is 1. The first kappa shape index (κ1) is 22.2. The Morgan fingerprint density at radius 1 is 1.11 bits per heavy atom. The summed E-state index contributed by atoms with van der Waals surface area (Å²) in [6, 6.07) is 2.45. The van der Waals surface area contributed by atoms with Crippen molar-refractivity contribution >= 4 is 11.8 Å². The molecule has 1 saturated heterocycles. The second-order valence-electron chi connectivity index (χ2n) is 7.84. The van der Waals surface area contributed by atoms with Gasteiger partial charge in [-0.1, -0.05) is 20.8 Å². The lowest BCUT2D eigenvalue weighted by molar-refractivity contribution is -0.138. The van der Waals surface area contributed by atoms with E-state index < -0.39 is 23.0 Å². The minimum atomic E-state index is -4.64. The van der Waals surface area contributed by atoms with Gasteiger partial charge in [-0.2, -0.15) is 13.2 Å². The van der Waals surface area contributed by atoms with E-state index in [4.69, 9.17) is 0 Å². The number of rotatable bonds is 5. The second kappa shape index (κ2) is 8.49. The molecule has 1 aromatic carbocycles. The number of halogens is 4. The van der Waals surface area contributed by atoms with Crippen LogP contribution in [0.4, 0.5) is 17.6 Å². The number of amides is 2. The van der Waals surface area contributed by atoms with Gasteiger partial charge < -0.3 is 10.2 Å². The molecular formula is C20H26F4N2O2. The molecule has 156 valence electrons. The van der Waals surface area contributed by atoms with Gasteiger partial charge in [0.05, 0.1) is 5.56 Å². The van der Waals surface area contributed by atoms with Crippen LogP contribution in [0.2, 0.25) is 0 Å². The molecule has 1 aliphatic rings. The van der Waals surface area contributed by atoms with E-state index in [1.807, 2.05) is 0 Å². The highest BCUT2D eigenvalue weighted by atomic mass is 19.4. The molecule has 0 unspecified atom stereocenters. The van der Waals surface area contributed by atoms with Gasteiger partial charge in [-0.05, 0) is 36.6 Å². The maximum atomic E-state index is 13.7. The molecule has 0 saturated carbocycles. The summed E-state index contributed by atoms with van der Waals surface area (Å²) in [6.45, 7) is 6.23. The molecule has 0 atom stereocenters. The van der Waals surface area contributed by atoms with Crippen molar-refractivity contribution in [2.45, 2.75) is 51.6 Å². The Balaban J connectivity index is 1.99. The Bertz CT molecular complexity index is 723. The Hall–Kier alpha value is -2.12. The van der Waals surface area contributed by atoms with E-state index in [0.29, 0.717) is 38.4 Å². The number of benzene rings is 1. The molecule has 2 amide bonds. The van der Waals surface area contributed by atoms with E-state index in [2.05, 4.69) is 5.32 Å². The fraction of sp³-hybridized carbons (Fsp3) is 0.600. The maximum absolute atomic E-state index is 13.7. The number of piperidine rings is 1. The first-order valence-corrected chi connectivity index (χ1v) is 9.38. The van der Waals surface area contributed by atoms with Crippen LogP contribution in [-0.2, 0) is 21.2 Å². The predicted octanol–water partition coefficient (Wildman–Crippen LogP) is 3.89. The number of carbonyl (C=O) groups is 2. The van der Waals surface area contributed by atoms with Gasteiger partial charge in [0.15, 0.2) is 0 Å². The molecule has 2 rings (SSSR count). The summed E-state index contributed by atoms with van der Waals surface area (Å²) < 4.78 is 52.5. The zero-order chi connectivity index (χ0) is 21.1. The van der Waals surface area contributed by atoms with Crippen LogP contribution >= 0.6 is 0 Å². The van der Waals surface area contributed by atoms with Crippen molar-refractivity contribution in [3.05, 3.63) is 35.1 Å². The predicted molar refractivity (Wildman–Crippen MR) is 97.0 cm³/mol. The third-order valence-corrected chi connectivity index (χ3v) is 5.23. The fourth-order valence-electron chi connectivity index (χ4n) is 3.31. The molecule has 0 radical (unpaired) electrons. The van der Waals surface area contributed by atoms with Crippen molar-refractivity contribution in [2.75, 3.05) is 19.6 Å². The van der Waals surface area contributed by atoms with E-state index >= 15 is 0 Å². The highest BCUT2D eigenvalue weighted by Crippen LogP contribution is 2.33. The summed E-state index contributed by atoms with van der Waals surface area (Å²) in [5.41, 5.74) is -1.75. The number of nitrogens with one attached hydrogen (secondary N) is 1. The quantitative estimate of drug-likeness (QED) is 0.760. The molecule has 0 spiro atoms. The summed E-state index contributed by atoms with van der Waals surface area (Å²) in [5.74, 6) is -1.33. The molecule has 28 heavy (non-hydrogen) atoms. The number of likely N-dealkylation sites (tertiary alicyclic amines) is 1. The van der Waals surface area contributed by atoms with Gasteiger partial charge in [0.25, 0.3) is 0 Å². The third kappa shape index (κ3) is 5.45. The number of carbonyl (C=O) groups excluding carboxylic acids is 2. The van der Waals surface area contributed by atoms with Crippen LogP contribution in [0.15, 0.2) is 18.2 Å². The normalized spacial score (nSPS) is 16.2. The Labute approximate surface area is 162 Å². The van der Waals surface area contributed by atoms with Crippen molar-refractivity contribution in [1.29, 1.82) is 0 Å². The molecule has 0 aliphatic carbocycles. The summed E-state index contributed by atoms with van der Waals surface area (Å²) in [6.07, 6.45) is -3.11. The topological polar surface area (TPSA) is 49.4 Å². The molecule has 0 aromatic heterocycles. The number of nitrogens with zero attached hydrogens (tertiary/aromatic N) is 1. The van der Waals surface area contributed by atoms with Gasteiger partial charge in [0, 0.05) is 37.4 Å². The van der Waals surface area contributed by atoms with Crippen LogP contribution < -0.4 is 5.32 Å². The fourth-order valence-corrected chi connectivity index (χ4v) is 3.31. The third-order valence-electron chi connectivity index (χ3n) is 5.23. The lowest BCUT2D eigenvalue weighted by Crippen LogP contribution is -2.45. The Morgan fingerprint density at radius 2 is 1.68 bits per heavy atom. The summed E-state index contributed by atoms with van der Waals surface area (Å²) in [7, 11) is 0. The van der Waals surface area contributed by atoms with Gasteiger partial charge in [0.2, 0.25) is 11.8 Å². The zero-order valence-corrected chi connectivity index (χ0v) is 16.3. The summed E-state index contributed by atoms with van der Waals surface area (Å²) in [5, 5.41) is 2.78. The summed E-state index contributed by atoms with van der Waals surface area (Å²) in [4.78, 5) is 25.9. The SMILES string of the molecule is CCC(=O)N1CCC(C(=O)NCC(C)(C)c2cc(F)cc(C(F)(F)F)c2)CC1. The largest absolute Gasteiger partial charge is 0.416 e. The molecule has 8 heteroatoms. The highest BCUT2D eigenvalue weighted by Gasteiger charge is 2.34. The van der Waals surface area contributed by atoms with Crippen LogP contribution in [0.25, 0.3) is 0 Å². The number of alkyl halides is 3. The average Bonchev–Trinajstić information content (AvgIpc) is 2.64. The number of hydrogen-bond acceptors (Lipinski definition) is 2. The molecule has 1 fully saturated rings. The van der Waals surface area contributed by atoms with Crippen LogP contribution in [-0.4, -0.2) is 36.3 Å². The van der Waals surface area contributed by atoms with Crippen LogP contribution in [0.3, 0.4) is 0 Å². The van der Waals surface area contributed by atoms with Crippen molar-refractivity contribution in [1.82, 2.24) is 10.2 Å². The highest BCUT2D eigenvalue weighted by molar-refractivity contribution is 5.80. The zero-order valence-electron chi connectivity index (χ0n) is 16.3. The smallest absolute Gasteiger partial charge is 0.355 e. The standard InChI is InChI=1S/C20H26F4N2O2/c1-4-17(27)26-7-5-13(6-8-26)18(28)25-12-19(2,3)14-9-15(20(22,23)24)11-16(21)10-14/h9-11,13H,4-8,12H2,1-3H3,(H,25,28). The monoisotopic (exact) mass is 402 g/mol. The van der Waals surface area contributed by atoms with Gasteiger partial charge in [0.1, 0.15) is 5.82 Å². The van der Waals surface area contributed by atoms with Gasteiger partial charge in [-0.25, -0.2) is 4.39 Å². The summed E-state index contributed by atoms with van der Waals surface area (Å²) >= 11 is 0. The lowest BCUT2D eigenvalue weighted by atomic mass is 9.83. The lowest BCUT2D eigenvalue weighted by Gasteiger charge is -2.32. The van der Waals surface area contributed by atoms with Gasteiger partial charge in [-0.15, -0.1) is 0 Å². The van der Waals surface area contributed by atoms with Crippen molar-refractivity contribution in [3.8, 4) is 0 Å². The minimum absolute atomic E-state index is 0.0616. The van der Waals surface area contributed by atoms with Crippen molar-refractivity contribution in [3.63, 3.8) is 0 Å². The molecule has 0 bridgehead atoms. The van der Waals surface area contributed by atoms with Crippen molar-refractivity contribution in [2.24, 2.45) is 5.92 Å². The Morgan fingerprint density at radius 3 is 2.21 bits per heavy atom. The van der Waals surface area contributed by atoms with Crippen LogP contribution in [0.1, 0.15) is 51.2 Å². The molecule has 1 aromatic rings. The Kier molecular flexibility index (Phi) is 6.72. The molecule has 1 N–H and O–H groups in total. The van der Waals surface area contributed by atoms with E-state index in [1.54, 1.807) is 25.7 Å². The van der Waals surface area contributed by atoms with Gasteiger partial charge >= 0.3 is 6.18 Å². The van der Waals surface area contributed by atoms with Crippen LogP contribution in [0.5, 0.6) is 0 Å². The molecule has 1 heterocycles. The molecular weight excluding hydrogens is 376 g/mol. The van der Waals surface area contributed by atoms with E-state index in [9.17, 15) is 27.2 Å². The average molecular weight is 402 g/mol. The minimum Gasteiger partial charge on any atom is -0.355 e. The van der Waals surface area contributed by atoms with E-state index in [-0.39, 0.29) is 29.8 Å². The first-order chi connectivity index (χ1) is 12.9. The van der Waals surface area contributed by atoms with E-state index in [1.165, 1.54) is 0 Å². The van der Waals surface area contributed by atoms with Crippen molar-refractivity contribution < 1.29 is 27.2 Å². The van der Waals surface area contributed by atoms with Gasteiger partial charge in [-0.3, -0.25) is 9.59 Å². The maximum Gasteiger partial charge on any atom is 0.416 e.